The number of anilines is 2. The lowest BCUT2D eigenvalue weighted by molar-refractivity contribution is 0.588. The zero-order valence-electron chi connectivity index (χ0n) is 11.8. The van der Waals surface area contributed by atoms with Crippen LogP contribution in [-0.2, 0) is 10.0 Å². The molecule has 0 aliphatic heterocycles. The molecule has 7 nitrogen and oxygen atoms in total. The smallest absolute Gasteiger partial charge is 0.213 e. The van der Waals surface area contributed by atoms with Crippen LogP contribution in [0.3, 0.4) is 0 Å². The lowest BCUT2D eigenvalue weighted by Gasteiger charge is -2.10. The summed E-state index contributed by atoms with van der Waals surface area (Å²) in [6.45, 7) is 3.11. The average Bonchev–Trinajstić information content (AvgIpc) is 3.23. The lowest BCUT2D eigenvalue weighted by Crippen LogP contribution is -2.26. The number of sulfonamides is 1. The molecule has 3 N–H and O–H groups in total. The number of nitrogens with zero attached hydrogens (tertiary/aromatic N) is 2. The van der Waals surface area contributed by atoms with Crippen LogP contribution in [0.4, 0.5) is 11.6 Å². The van der Waals surface area contributed by atoms with E-state index in [1.807, 2.05) is 6.92 Å². The fourth-order valence-corrected chi connectivity index (χ4v) is 2.34. The summed E-state index contributed by atoms with van der Waals surface area (Å²) < 4.78 is 25.0. The third kappa shape index (κ3) is 4.31. The highest BCUT2D eigenvalue weighted by Crippen LogP contribution is 2.38. The third-order valence-corrected chi connectivity index (χ3v) is 4.40. The minimum absolute atomic E-state index is 0.0167. The SMILES string of the molecule is CCNc1cc(NCCS(=O)(=O)NC)nc(C2CC2)n1. The van der Waals surface area contributed by atoms with Crippen molar-refractivity contribution in [3.05, 3.63) is 11.9 Å². The number of hydrogen-bond donors (Lipinski definition) is 3. The van der Waals surface area contributed by atoms with Crippen molar-refractivity contribution in [2.24, 2.45) is 0 Å². The van der Waals surface area contributed by atoms with E-state index >= 15 is 0 Å². The van der Waals surface area contributed by atoms with E-state index in [-0.39, 0.29) is 5.75 Å². The Morgan fingerprint density at radius 1 is 1.25 bits per heavy atom. The van der Waals surface area contributed by atoms with Gasteiger partial charge < -0.3 is 10.6 Å². The van der Waals surface area contributed by atoms with Crippen molar-refractivity contribution in [3.8, 4) is 0 Å². The Morgan fingerprint density at radius 3 is 2.45 bits per heavy atom. The highest BCUT2D eigenvalue weighted by Gasteiger charge is 2.27. The zero-order chi connectivity index (χ0) is 14.6. The quantitative estimate of drug-likeness (QED) is 0.655. The monoisotopic (exact) mass is 299 g/mol. The minimum Gasteiger partial charge on any atom is -0.370 e. The summed E-state index contributed by atoms with van der Waals surface area (Å²) in [5, 5.41) is 6.21. The second-order valence-corrected chi connectivity index (χ2v) is 6.80. The van der Waals surface area contributed by atoms with Gasteiger partial charge in [0.05, 0.1) is 5.75 Å². The molecule has 8 heteroatoms. The molecule has 1 heterocycles. The van der Waals surface area contributed by atoms with Crippen molar-refractivity contribution >= 4 is 21.7 Å². The van der Waals surface area contributed by atoms with Gasteiger partial charge in [-0.1, -0.05) is 0 Å². The Hall–Kier alpha value is -1.41. The van der Waals surface area contributed by atoms with Crippen LogP contribution in [0.1, 0.15) is 31.5 Å². The van der Waals surface area contributed by atoms with Crippen molar-refractivity contribution in [2.45, 2.75) is 25.7 Å². The largest absolute Gasteiger partial charge is 0.370 e. The molecule has 0 amide bonds. The fraction of sp³-hybridized carbons (Fsp3) is 0.667. The van der Waals surface area contributed by atoms with Gasteiger partial charge in [0.2, 0.25) is 10.0 Å². The topological polar surface area (TPSA) is 96.0 Å². The number of nitrogens with one attached hydrogen (secondary N) is 3. The molecule has 1 aliphatic carbocycles. The average molecular weight is 299 g/mol. The first kappa shape index (κ1) is 15.0. The van der Waals surface area contributed by atoms with E-state index in [9.17, 15) is 8.42 Å². The van der Waals surface area contributed by atoms with E-state index in [0.29, 0.717) is 18.3 Å². The Kier molecular flexibility index (Phi) is 4.77. The lowest BCUT2D eigenvalue weighted by atomic mass is 10.3. The highest BCUT2D eigenvalue weighted by molar-refractivity contribution is 7.89. The molecule has 1 saturated carbocycles. The van der Waals surface area contributed by atoms with Gasteiger partial charge in [-0.05, 0) is 26.8 Å². The van der Waals surface area contributed by atoms with Crippen LogP contribution < -0.4 is 15.4 Å². The van der Waals surface area contributed by atoms with Gasteiger partial charge in [-0.15, -0.1) is 0 Å². The third-order valence-electron chi connectivity index (χ3n) is 3.03. The van der Waals surface area contributed by atoms with Crippen molar-refractivity contribution in [3.63, 3.8) is 0 Å². The maximum absolute atomic E-state index is 11.3. The Bertz CT molecular complexity index is 557. The van der Waals surface area contributed by atoms with Gasteiger partial charge >= 0.3 is 0 Å². The molecule has 0 atom stereocenters. The first-order valence-electron chi connectivity index (χ1n) is 6.82. The van der Waals surface area contributed by atoms with Crippen molar-refractivity contribution < 1.29 is 8.42 Å². The molecule has 1 aliphatic rings. The summed E-state index contributed by atoms with van der Waals surface area (Å²) in [6.07, 6.45) is 2.26. The molecule has 0 bridgehead atoms. The predicted octanol–water partition coefficient (Wildman–Crippen LogP) is 0.747. The van der Waals surface area contributed by atoms with Gasteiger partial charge in [-0.25, -0.2) is 23.1 Å². The van der Waals surface area contributed by atoms with Crippen LogP contribution in [0, 0.1) is 0 Å². The summed E-state index contributed by atoms with van der Waals surface area (Å²) in [5.74, 6) is 2.76. The summed E-state index contributed by atoms with van der Waals surface area (Å²) in [4.78, 5) is 8.91. The summed E-state index contributed by atoms with van der Waals surface area (Å²) in [7, 11) is -1.78. The van der Waals surface area contributed by atoms with Gasteiger partial charge in [0.1, 0.15) is 17.5 Å². The zero-order valence-corrected chi connectivity index (χ0v) is 12.6. The van der Waals surface area contributed by atoms with Crippen LogP contribution in [0.2, 0.25) is 0 Å². The molecule has 1 fully saturated rings. The Labute approximate surface area is 119 Å². The van der Waals surface area contributed by atoms with Crippen LogP contribution >= 0.6 is 0 Å². The second kappa shape index (κ2) is 6.36. The summed E-state index contributed by atoms with van der Waals surface area (Å²) in [6, 6.07) is 1.81. The van der Waals surface area contributed by atoms with Crippen LogP contribution in [0.25, 0.3) is 0 Å². The van der Waals surface area contributed by atoms with Gasteiger partial charge in [0.15, 0.2) is 0 Å². The molecule has 0 spiro atoms. The molecule has 0 saturated heterocycles. The van der Waals surface area contributed by atoms with Crippen LogP contribution in [0.5, 0.6) is 0 Å². The van der Waals surface area contributed by atoms with E-state index in [2.05, 4.69) is 25.3 Å². The van der Waals surface area contributed by atoms with E-state index in [1.165, 1.54) is 7.05 Å². The first-order valence-corrected chi connectivity index (χ1v) is 8.47. The minimum atomic E-state index is -3.20. The molecule has 0 unspecified atom stereocenters. The summed E-state index contributed by atoms with van der Waals surface area (Å²) in [5.41, 5.74) is 0. The van der Waals surface area contributed by atoms with E-state index in [4.69, 9.17) is 0 Å². The van der Waals surface area contributed by atoms with Crippen LogP contribution in [0.15, 0.2) is 6.07 Å². The van der Waals surface area contributed by atoms with Gasteiger partial charge in [-0.2, -0.15) is 0 Å². The normalized spacial score (nSPS) is 15.1. The van der Waals surface area contributed by atoms with Crippen molar-refractivity contribution in [1.82, 2.24) is 14.7 Å². The van der Waals surface area contributed by atoms with Gasteiger partial charge in [0.25, 0.3) is 0 Å². The molecular formula is C12H21N5O2S. The molecule has 0 radical (unpaired) electrons. The molecule has 0 aromatic carbocycles. The van der Waals surface area contributed by atoms with Crippen LogP contribution in [-0.4, -0.2) is 44.3 Å². The molecule has 1 aromatic heterocycles. The van der Waals surface area contributed by atoms with E-state index < -0.39 is 10.0 Å². The van der Waals surface area contributed by atoms with Gasteiger partial charge in [-0.3, -0.25) is 0 Å². The molecule has 20 heavy (non-hydrogen) atoms. The second-order valence-electron chi connectivity index (χ2n) is 4.75. The Balaban J connectivity index is 2.02. The predicted molar refractivity (Wildman–Crippen MR) is 79.5 cm³/mol. The maximum Gasteiger partial charge on any atom is 0.213 e. The first-order chi connectivity index (χ1) is 9.54. The number of aromatic nitrogens is 2. The number of hydrogen-bond acceptors (Lipinski definition) is 6. The van der Waals surface area contributed by atoms with Crippen molar-refractivity contribution in [2.75, 3.05) is 36.5 Å². The van der Waals surface area contributed by atoms with E-state index in [0.717, 1.165) is 31.0 Å². The molecular weight excluding hydrogens is 278 g/mol. The Morgan fingerprint density at radius 2 is 1.90 bits per heavy atom. The standard InChI is InChI=1S/C12H21N5O2S/c1-3-14-10-8-11(15-6-7-20(18,19)13-2)17-12(16-10)9-4-5-9/h8-9,13H,3-7H2,1-2H3,(H2,14,15,16,17). The summed E-state index contributed by atoms with van der Waals surface area (Å²) >= 11 is 0. The molecule has 1 aromatic rings. The van der Waals surface area contributed by atoms with Crippen molar-refractivity contribution in [1.29, 1.82) is 0 Å². The van der Waals surface area contributed by atoms with Gasteiger partial charge in [0, 0.05) is 25.1 Å². The maximum atomic E-state index is 11.3. The number of rotatable bonds is 8. The van der Waals surface area contributed by atoms with E-state index in [1.54, 1.807) is 6.07 Å². The molecule has 112 valence electrons. The fourth-order valence-electron chi connectivity index (χ4n) is 1.77. The molecule has 2 rings (SSSR count). The highest BCUT2D eigenvalue weighted by atomic mass is 32.2.